The van der Waals surface area contributed by atoms with Gasteiger partial charge in [0, 0.05) is 21.7 Å². The lowest BCUT2D eigenvalue weighted by Gasteiger charge is -2.04. The number of oxazole rings is 1. The molecule has 0 fully saturated rings. The topological polar surface area (TPSA) is 55.1 Å². The zero-order valence-electron chi connectivity index (χ0n) is 15.1. The number of amides is 1. The van der Waals surface area contributed by atoms with E-state index in [1.807, 2.05) is 61.5 Å². The van der Waals surface area contributed by atoms with Crippen LogP contribution in [0.2, 0.25) is 5.02 Å². The Morgan fingerprint density at radius 2 is 1.54 bits per heavy atom. The summed E-state index contributed by atoms with van der Waals surface area (Å²) in [5.74, 6) is 1.05. The molecule has 0 saturated carbocycles. The maximum Gasteiger partial charge on any atom is 0.256 e. The normalized spacial score (nSPS) is 10.6. The number of halogens is 1. The highest BCUT2D eigenvalue weighted by Crippen LogP contribution is 2.34. The molecule has 0 bridgehead atoms. The Bertz CT molecular complexity index is 1100. The Morgan fingerprint density at radius 1 is 0.893 bits per heavy atom. The van der Waals surface area contributed by atoms with Crippen molar-refractivity contribution in [2.45, 2.75) is 6.92 Å². The highest BCUT2D eigenvalue weighted by Gasteiger charge is 2.19. The number of rotatable bonds is 4. The monoisotopic (exact) mass is 388 g/mol. The molecule has 0 aliphatic heterocycles. The maximum atomic E-state index is 12.6. The van der Waals surface area contributed by atoms with Crippen LogP contribution in [0, 0.1) is 6.92 Å². The second-order valence-electron chi connectivity index (χ2n) is 6.39. The van der Waals surface area contributed by atoms with Crippen LogP contribution in [0.25, 0.3) is 22.8 Å². The van der Waals surface area contributed by atoms with Gasteiger partial charge in [0.25, 0.3) is 5.91 Å². The van der Waals surface area contributed by atoms with E-state index in [0.29, 0.717) is 28.1 Å². The number of nitrogens with one attached hydrogen (secondary N) is 1. The molecule has 4 aromatic rings. The average Bonchev–Trinajstić information content (AvgIpc) is 3.13. The molecule has 0 unspecified atom stereocenters. The van der Waals surface area contributed by atoms with E-state index in [9.17, 15) is 4.79 Å². The van der Waals surface area contributed by atoms with Gasteiger partial charge in [-0.05, 0) is 43.3 Å². The van der Waals surface area contributed by atoms with Crippen LogP contribution in [0.1, 0.15) is 15.9 Å². The van der Waals surface area contributed by atoms with E-state index in [1.54, 1.807) is 24.3 Å². The lowest BCUT2D eigenvalue weighted by Crippen LogP contribution is -2.12. The summed E-state index contributed by atoms with van der Waals surface area (Å²) in [6.07, 6.45) is 0. The van der Waals surface area contributed by atoms with Gasteiger partial charge < -0.3 is 9.73 Å². The standard InChI is InChI=1S/C23H17ClN2O2/c1-15-7-9-16(10-8-15)20-21(25-22(27)17-5-3-2-4-6-17)26-23(28-20)18-11-13-19(24)14-12-18/h2-14H,1H3,(H,25,27). The third kappa shape index (κ3) is 3.82. The van der Waals surface area contributed by atoms with Gasteiger partial charge in [0.05, 0.1) is 0 Å². The molecule has 1 amide bonds. The number of carbonyl (C=O) groups is 1. The van der Waals surface area contributed by atoms with Crippen LogP contribution < -0.4 is 5.32 Å². The Kier molecular flexibility index (Phi) is 4.96. The molecule has 28 heavy (non-hydrogen) atoms. The fourth-order valence-electron chi connectivity index (χ4n) is 2.79. The first-order chi connectivity index (χ1) is 13.6. The zero-order chi connectivity index (χ0) is 19.5. The van der Waals surface area contributed by atoms with Gasteiger partial charge in [0.1, 0.15) is 0 Å². The van der Waals surface area contributed by atoms with E-state index >= 15 is 0 Å². The number of hydrogen-bond donors (Lipinski definition) is 1. The molecule has 5 heteroatoms. The minimum atomic E-state index is -0.245. The molecule has 1 heterocycles. The summed E-state index contributed by atoms with van der Waals surface area (Å²) in [6.45, 7) is 2.02. The van der Waals surface area contributed by atoms with Crippen LogP contribution in [0.3, 0.4) is 0 Å². The molecule has 0 aliphatic rings. The van der Waals surface area contributed by atoms with Crippen molar-refractivity contribution in [1.29, 1.82) is 0 Å². The number of anilines is 1. The molecule has 0 spiro atoms. The summed E-state index contributed by atoms with van der Waals surface area (Å²) in [4.78, 5) is 17.2. The zero-order valence-corrected chi connectivity index (χ0v) is 15.9. The average molecular weight is 389 g/mol. The Morgan fingerprint density at radius 3 is 2.21 bits per heavy atom. The molecule has 138 valence electrons. The maximum absolute atomic E-state index is 12.6. The molecule has 1 aromatic heterocycles. The fourth-order valence-corrected chi connectivity index (χ4v) is 2.92. The van der Waals surface area contributed by atoms with Crippen molar-refractivity contribution < 1.29 is 9.21 Å². The second-order valence-corrected chi connectivity index (χ2v) is 6.83. The molecule has 3 aromatic carbocycles. The predicted octanol–water partition coefficient (Wildman–Crippen LogP) is 6.22. The second kappa shape index (κ2) is 7.71. The van der Waals surface area contributed by atoms with Gasteiger partial charge in [-0.15, -0.1) is 0 Å². The van der Waals surface area contributed by atoms with Gasteiger partial charge >= 0.3 is 0 Å². The van der Waals surface area contributed by atoms with Gasteiger partial charge in [-0.2, -0.15) is 4.98 Å². The van der Waals surface area contributed by atoms with Crippen LogP contribution in [0.5, 0.6) is 0 Å². The summed E-state index contributed by atoms with van der Waals surface area (Å²) < 4.78 is 6.03. The minimum absolute atomic E-state index is 0.245. The van der Waals surface area contributed by atoms with Gasteiger partial charge in [-0.1, -0.05) is 59.6 Å². The lowest BCUT2D eigenvalue weighted by molar-refractivity contribution is 0.102. The highest BCUT2D eigenvalue weighted by molar-refractivity contribution is 6.30. The summed E-state index contributed by atoms with van der Waals surface area (Å²) in [6, 6.07) is 24.1. The van der Waals surface area contributed by atoms with Gasteiger partial charge in [0.2, 0.25) is 5.89 Å². The Hall–Kier alpha value is -3.37. The summed E-state index contributed by atoms with van der Waals surface area (Å²) >= 11 is 5.97. The van der Waals surface area contributed by atoms with Crippen molar-refractivity contribution in [3.8, 4) is 22.8 Å². The Balaban J connectivity index is 1.75. The van der Waals surface area contributed by atoms with E-state index in [1.165, 1.54) is 0 Å². The first-order valence-corrected chi connectivity index (χ1v) is 9.18. The fraction of sp³-hybridized carbons (Fsp3) is 0.0435. The number of aryl methyl sites for hydroxylation is 1. The number of carbonyl (C=O) groups excluding carboxylic acids is 1. The Labute approximate surface area is 167 Å². The lowest BCUT2D eigenvalue weighted by atomic mass is 10.1. The van der Waals surface area contributed by atoms with Crippen LogP contribution in [0.15, 0.2) is 83.3 Å². The van der Waals surface area contributed by atoms with Crippen molar-refractivity contribution in [2.75, 3.05) is 5.32 Å². The quantitative estimate of drug-likeness (QED) is 0.451. The van der Waals surface area contributed by atoms with Crippen molar-refractivity contribution >= 4 is 23.3 Å². The molecule has 0 aliphatic carbocycles. The molecule has 4 nitrogen and oxygen atoms in total. The number of aromatic nitrogens is 1. The molecule has 0 atom stereocenters. The number of hydrogen-bond acceptors (Lipinski definition) is 3. The predicted molar refractivity (Wildman–Crippen MR) is 112 cm³/mol. The largest absolute Gasteiger partial charge is 0.434 e. The third-order valence-electron chi connectivity index (χ3n) is 4.30. The molecule has 4 rings (SSSR count). The van der Waals surface area contributed by atoms with Crippen molar-refractivity contribution in [3.63, 3.8) is 0 Å². The van der Waals surface area contributed by atoms with E-state index in [4.69, 9.17) is 16.0 Å². The molecule has 1 N–H and O–H groups in total. The third-order valence-corrected chi connectivity index (χ3v) is 4.55. The smallest absolute Gasteiger partial charge is 0.256 e. The number of nitrogens with zero attached hydrogens (tertiary/aromatic N) is 1. The van der Waals surface area contributed by atoms with Crippen molar-refractivity contribution in [2.24, 2.45) is 0 Å². The van der Waals surface area contributed by atoms with Crippen LogP contribution in [-0.2, 0) is 0 Å². The minimum Gasteiger partial charge on any atom is -0.434 e. The number of benzene rings is 3. The van der Waals surface area contributed by atoms with Crippen molar-refractivity contribution in [1.82, 2.24) is 4.98 Å². The highest BCUT2D eigenvalue weighted by atomic mass is 35.5. The summed E-state index contributed by atoms with van der Waals surface area (Å²) in [5, 5.41) is 3.50. The summed E-state index contributed by atoms with van der Waals surface area (Å²) in [7, 11) is 0. The van der Waals surface area contributed by atoms with E-state index in [-0.39, 0.29) is 5.91 Å². The van der Waals surface area contributed by atoms with Crippen LogP contribution in [-0.4, -0.2) is 10.9 Å². The SMILES string of the molecule is Cc1ccc(-c2oc(-c3ccc(Cl)cc3)nc2NC(=O)c2ccccc2)cc1. The van der Waals surface area contributed by atoms with Gasteiger partial charge in [0.15, 0.2) is 11.6 Å². The molecular weight excluding hydrogens is 372 g/mol. The molecule has 0 radical (unpaired) electrons. The van der Waals surface area contributed by atoms with Crippen molar-refractivity contribution in [3.05, 3.63) is 95.0 Å². The van der Waals surface area contributed by atoms with Crippen LogP contribution >= 0.6 is 11.6 Å². The van der Waals surface area contributed by atoms with E-state index < -0.39 is 0 Å². The van der Waals surface area contributed by atoms with E-state index in [0.717, 1.165) is 16.7 Å². The first-order valence-electron chi connectivity index (χ1n) is 8.80. The van der Waals surface area contributed by atoms with Crippen LogP contribution in [0.4, 0.5) is 5.82 Å². The van der Waals surface area contributed by atoms with Gasteiger partial charge in [-0.25, -0.2) is 0 Å². The van der Waals surface area contributed by atoms with Gasteiger partial charge in [-0.3, -0.25) is 4.79 Å². The molecule has 0 saturated heterocycles. The molecular formula is C23H17ClN2O2. The van der Waals surface area contributed by atoms with E-state index in [2.05, 4.69) is 10.3 Å². The summed E-state index contributed by atoms with van der Waals surface area (Å²) in [5.41, 5.74) is 3.30. The first kappa shape index (κ1) is 18.0.